The number of nitrogens with one attached hydrogen (secondary N) is 2. The maximum absolute atomic E-state index is 8.88. The van der Waals surface area contributed by atoms with Crippen LogP contribution in [0.3, 0.4) is 0 Å². The van der Waals surface area contributed by atoms with E-state index in [1.54, 1.807) is 0 Å². The molecule has 0 unspecified atom stereocenters. The van der Waals surface area contributed by atoms with E-state index in [0.717, 1.165) is 19.6 Å². The van der Waals surface area contributed by atoms with Crippen molar-refractivity contribution < 1.29 is 5.11 Å². The van der Waals surface area contributed by atoms with E-state index < -0.39 is 0 Å². The van der Waals surface area contributed by atoms with Crippen LogP contribution in [0.2, 0.25) is 0 Å². The molecule has 3 nitrogen and oxygen atoms in total. The lowest BCUT2D eigenvalue weighted by molar-refractivity contribution is 0.317. The largest absolute Gasteiger partial charge is 0.511 e. The summed E-state index contributed by atoms with van der Waals surface area (Å²) in [6.45, 7) is 6.10. The number of aliphatic hydroxyl groups excluding tert-OH is 1. The Balaban J connectivity index is 2.31. The van der Waals surface area contributed by atoms with Crippen LogP contribution in [0.25, 0.3) is 0 Å². The fourth-order valence-electron chi connectivity index (χ4n) is 0.889. The normalized spacial score (nSPS) is 27.8. The van der Waals surface area contributed by atoms with Gasteiger partial charge >= 0.3 is 0 Å². The van der Waals surface area contributed by atoms with Gasteiger partial charge in [-0.1, -0.05) is 6.58 Å². The average molecular weight is 128 g/mol. The highest BCUT2D eigenvalue weighted by molar-refractivity contribution is 4.97. The number of rotatable bonds is 1. The van der Waals surface area contributed by atoms with Crippen molar-refractivity contribution in [1.29, 1.82) is 0 Å². The SMILES string of the molecule is C=C(O)[C@H]1CNCCN1. The summed E-state index contributed by atoms with van der Waals surface area (Å²) in [6, 6.07) is 0.0544. The highest BCUT2D eigenvalue weighted by Crippen LogP contribution is 1.94. The maximum Gasteiger partial charge on any atom is 0.103 e. The van der Waals surface area contributed by atoms with Gasteiger partial charge in [0, 0.05) is 19.6 Å². The minimum absolute atomic E-state index is 0.0544. The van der Waals surface area contributed by atoms with Gasteiger partial charge in [-0.3, -0.25) is 0 Å². The Labute approximate surface area is 54.8 Å². The van der Waals surface area contributed by atoms with Gasteiger partial charge in [-0.2, -0.15) is 0 Å². The highest BCUT2D eigenvalue weighted by atomic mass is 16.3. The predicted molar refractivity (Wildman–Crippen MR) is 36.4 cm³/mol. The molecule has 0 radical (unpaired) electrons. The van der Waals surface area contributed by atoms with Crippen molar-refractivity contribution >= 4 is 0 Å². The molecule has 0 aromatic rings. The zero-order valence-electron chi connectivity index (χ0n) is 5.35. The first-order valence-electron chi connectivity index (χ1n) is 3.12. The van der Waals surface area contributed by atoms with Crippen LogP contribution in [0.4, 0.5) is 0 Å². The van der Waals surface area contributed by atoms with Crippen molar-refractivity contribution in [2.75, 3.05) is 19.6 Å². The molecule has 1 aliphatic heterocycles. The monoisotopic (exact) mass is 128 g/mol. The van der Waals surface area contributed by atoms with Gasteiger partial charge in [0.25, 0.3) is 0 Å². The Morgan fingerprint density at radius 3 is 2.67 bits per heavy atom. The van der Waals surface area contributed by atoms with Crippen LogP contribution in [-0.2, 0) is 0 Å². The standard InChI is InChI=1S/C6H12N2O/c1-5(9)6-4-7-2-3-8-6/h6-9H,1-4H2/t6-/m1/s1. The smallest absolute Gasteiger partial charge is 0.103 e. The minimum Gasteiger partial charge on any atom is -0.511 e. The fraction of sp³-hybridized carbons (Fsp3) is 0.667. The Morgan fingerprint density at radius 1 is 1.56 bits per heavy atom. The number of aliphatic hydroxyl groups is 1. The van der Waals surface area contributed by atoms with Crippen LogP contribution in [0.1, 0.15) is 0 Å². The van der Waals surface area contributed by atoms with Crippen molar-refractivity contribution in [2.45, 2.75) is 6.04 Å². The molecule has 1 heterocycles. The number of hydrogen-bond donors (Lipinski definition) is 3. The molecule has 0 amide bonds. The van der Waals surface area contributed by atoms with Crippen LogP contribution in [-0.4, -0.2) is 30.8 Å². The van der Waals surface area contributed by atoms with E-state index in [2.05, 4.69) is 17.2 Å². The molecular formula is C6H12N2O. The lowest BCUT2D eigenvalue weighted by atomic mass is 10.2. The zero-order chi connectivity index (χ0) is 6.69. The third kappa shape index (κ3) is 1.69. The van der Waals surface area contributed by atoms with Crippen LogP contribution < -0.4 is 10.6 Å². The highest BCUT2D eigenvalue weighted by Gasteiger charge is 2.13. The first kappa shape index (κ1) is 6.58. The van der Waals surface area contributed by atoms with E-state index in [-0.39, 0.29) is 11.8 Å². The van der Waals surface area contributed by atoms with Gasteiger partial charge in [-0.05, 0) is 0 Å². The molecule has 1 rings (SSSR count). The quantitative estimate of drug-likeness (QED) is 0.422. The minimum atomic E-state index is 0.0544. The molecule has 1 fully saturated rings. The molecule has 1 saturated heterocycles. The van der Waals surface area contributed by atoms with E-state index in [9.17, 15) is 0 Å². The number of hydrogen-bond acceptors (Lipinski definition) is 3. The molecule has 0 saturated carbocycles. The topological polar surface area (TPSA) is 44.3 Å². The third-order valence-corrected chi connectivity index (χ3v) is 1.44. The van der Waals surface area contributed by atoms with Gasteiger partial charge in [0.15, 0.2) is 0 Å². The van der Waals surface area contributed by atoms with E-state index in [1.165, 1.54) is 0 Å². The first-order valence-corrected chi connectivity index (χ1v) is 3.12. The van der Waals surface area contributed by atoms with Crippen molar-refractivity contribution in [3.63, 3.8) is 0 Å². The summed E-state index contributed by atoms with van der Waals surface area (Å²) in [5.74, 6) is 0.224. The zero-order valence-corrected chi connectivity index (χ0v) is 5.35. The van der Waals surface area contributed by atoms with Crippen LogP contribution in [0.5, 0.6) is 0 Å². The molecule has 0 aromatic heterocycles. The summed E-state index contributed by atoms with van der Waals surface area (Å²) in [4.78, 5) is 0. The Bertz CT molecular complexity index is 108. The van der Waals surface area contributed by atoms with E-state index in [4.69, 9.17) is 5.11 Å². The van der Waals surface area contributed by atoms with Crippen LogP contribution in [0.15, 0.2) is 12.3 Å². The summed E-state index contributed by atoms with van der Waals surface area (Å²) >= 11 is 0. The van der Waals surface area contributed by atoms with Gasteiger partial charge in [0.05, 0.1) is 6.04 Å². The molecule has 0 aromatic carbocycles. The molecular weight excluding hydrogens is 116 g/mol. The molecule has 1 aliphatic rings. The second-order valence-corrected chi connectivity index (χ2v) is 2.20. The predicted octanol–water partition coefficient (Wildman–Crippen LogP) is -0.381. The van der Waals surface area contributed by atoms with Crippen molar-refractivity contribution in [3.05, 3.63) is 12.3 Å². The summed E-state index contributed by atoms with van der Waals surface area (Å²) in [5.41, 5.74) is 0. The summed E-state index contributed by atoms with van der Waals surface area (Å²) in [7, 11) is 0. The van der Waals surface area contributed by atoms with E-state index >= 15 is 0 Å². The lowest BCUT2D eigenvalue weighted by Gasteiger charge is -2.22. The molecule has 3 N–H and O–H groups in total. The maximum atomic E-state index is 8.88. The molecule has 0 spiro atoms. The molecule has 52 valence electrons. The van der Waals surface area contributed by atoms with Gasteiger partial charge in [-0.25, -0.2) is 0 Å². The van der Waals surface area contributed by atoms with Gasteiger partial charge in [0.1, 0.15) is 5.76 Å². The van der Waals surface area contributed by atoms with E-state index in [1.807, 2.05) is 0 Å². The third-order valence-electron chi connectivity index (χ3n) is 1.44. The van der Waals surface area contributed by atoms with Crippen LogP contribution in [0, 0.1) is 0 Å². The fourth-order valence-corrected chi connectivity index (χ4v) is 0.889. The Kier molecular flexibility index (Phi) is 2.08. The second-order valence-electron chi connectivity index (χ2n) is 2.20. The molecule has 3 heteroatoms. The van der Waals surface area contributed by atoms with Crippen molar-refractivity contribution in [1.82, 2.24) is 10.6 Å². The average Bonchev–Trinajstić information content (AvgIpc) is 1.90. The summed E-state index contributed by atoms with van der Waals surface area (Å²) < 4.78 is 0. The first-order chi connectivity index (χ1) is 4.30. The molecule has 0 aliphatic carbocycles. The van der Waals surface area contributed by atoms with Crippen molar-refractivity contribution in [3.8, 4) is 0 Å². The van der Waals surface area contributed by atoms with Crippen molar-refractivity contribution in [2.24, 2.45) is 0 Å². The molecule has 1 atom stereocenters. The Morgan fingerprint density at radius 2 is 2.33 bits per heavy atom. The van der Waals surface area contributed by atoms with E-state index in [0.29, 0.717) is 0 Å². The van der Waals surface area contributed by atoms with Crippen LogP contribution >= 0.6 is 0 Å². The summed E-state index contributed by atoms with van der Waals surface area (Å²) in [6.07, 6.45) is 0. The van der Waals surface area contributed by atoms with Gasteiger partial charge in [0.2, 0.25) is 0 Å². The number of piperazine rings is 1. The molecule has 9 heavy (non-hydrogen) atoms. The van der Waals surface area contributed by atoms with Gasteiger partial charge in [-0.15, -0.1) is 0 Å². The Hall–Kier alpha value is -0.540. The summed E-state index contributed by atoms with van der Waals surface area (Å²) in [5, 5.41) is 15.1. The lowest BCUT2D eigenvalue weighted by Crippen LogP contribution is -2.48. The second kappa shape index (κ2) is 2.85. The molecule has 0 bridgehead atoms. The van der Waals surface area contributed by atoms with Gasteiger partial charge < -0.3 is 15.7 Å².